The summed E-state index contributed by atoms with van der Waals surface area (Å²) < 4.78 is 18.1. The van der Waals surface area contributed by atoms with Crippen LogP contribution in [0.3, 0.4) is 0 Å². The molecule has 1 aromatic carbocycles. The first-order chi connectivity index (χ1) is 9.81. The van der Waals surface area contributed by atoms with Crippen LogP contribution in [0.4, 0.5) is 4.39 Å². The smallest absolute Gasteiger partial charge is 0.308 e. The molecule has 116 valence electrons. The molecule has 2 unspecified atom stereocenters. The van der Waals surface area contributed by atoms with Crippen LogP contribution < -0.4 is 10.1 Å². The van der Waals surface area contributed by atoms with E-state index in [9.17, 15) is 14.0 Å². The Labute approximate surface area is 123 Å². The Morgan fingerprint density at radius 2 is 1.81 bits per heavy atom. The lowest BCUT2D eigenvalue weighted by Crippen LogP contribution is -2.41. The van der Waals surface area contributed by atoms with Gasteiger partial charge >= 0.3 is 5.97 Å². The van der Waals surface area contributed by atoms with Gasteiger partial charge in [0.25, 0.3) is 5.91 Å². The van der Waals surface area contributed by atoms with Gasteiger partial charge in [-0.15, -0.1) is 0 Å². The van der Waals surface area contributed by atoms with Gasteiger partial charge in [-0.1, -0.05) is 13.8 Å². The third-order valence-electron chi connectivity index (χ3n) is 3.11. The number of benzene rings is 1. The average molecular weight is 297 g/mol. The largest absolute Gasteiger partial charge is 0.481 e. The minimum Gasteiger partial charge on any atom is -0.481 e. The summed E-state index contributed by atoms with van der Waals surface area (Å²) in [5.41, 5.74) is 0. The van der Waals surface area contributed by atoms with Crippen LogP contribution in [-0.4, -0.2) is 29.6 Å². The van der Waals surface area contributed by atoms with E-state index in [1.54, 1.807) is 20.8 Å². The second-order valence-corrected chi connectivity index (χ2v) is 5.15. The van der Waals surface area contributed by atoms with E-state index in [1.165, 1.54) is 24.3 Å². The number of hydrogen-bond donors (Lipinski definition) is 2. The molecule has 0 fully saturated rings. The Kier molecular flexibility index (Phi) is 6.14. The number of amides is 1. The highest BCUT2D eigenvalue weighted by molar-refractivity contribution is 5.81. The molecule has 0 saturated carbocycles. The van der Waals surface area contributed by atoms with Crippen molar-refractivity contribution in [3.05, 3.63) is 30.1 Å². The topological polar surface area (TPSA) is 75.6 Å². The van der Waals surface area contributed by atoms with Gasteiger partial charge in [0.05, 0.1) is 5.92 Å². The van der Waals surface area contributed by atoms with E-state index in [2.05, 4.69) is 5.32 Å². The Hall–Kier alpha value is -2.11. The number of carbonyl (C=O) groups excluding carboxylic acids is 1. The second kappa shape index (κ2) is 7.61. The summed E-state index contributed by atoms with van der Waals surface area (Å²) in [5, 5.41) is 11.6. The molecular formula is C15H20FNO4. The predicted molar refractivity (Wildman–Crippen MR) is 75.5 cm³/mol. The fourth-order valence-corrected chi connectivity index (χ4v) is 1.73. The number of carboxylic acids is 1. The van der Waals surface area contributed by atoms with E-state index in [4.69, 9.17) is 9.84 Å². The summed E-state index contributed by atoms with van der Waals surface area (Å²) >= 11 is 0. The highest BCUT2D eigenvalue weighted by Gasteiger charge is 2.23. The van der Waals surface area contributed by atoms with Crippen molar-refractivity contribution in [3.8, 4) is 5.75 Å². The zero-order valence-electron chi connectivity index (χ0n) is 12.3. The Morgan fingerprint density at radius 1 is 1.24 bits per heavy atom. The molecule has 0 spiro atoms. The quantitative estimate of drug-likeness (QED) is 0.808. The second-order valence-electron chi connectivity index (χ2n) is 5.15. The van der Waals surface area contributed by atoms with Crippen LogP contribution in [0.2, 0.25) is 0 Å². The predicted octanol–water partition coefficient (Wildman–Crippen LogP) is 2.07. The number of carbonyl (C=O) groups is 2. The third kappa shape index (κ3) is 5.41. The first kappa shape index (κ1) is 16.9. The van der Waals surface area contributed by atoms with Crippen LogP contribution in [0.25, 0.3) is 0 Å². The van der Waals surface area contributed by atoms with Gasteiger partial charge in [0.1, 0.15) is 11.6 Å². The van der Waals surface area contributed by atoms with Crippen LogP contribution in [0.1, 0.15) is 20.8 Å². The minimum absolute atomic E-state index is 0.0446. The molecule has 5 nitrogen and oxygen atoms in total. The Bertz CT molecular complexity index is 487. The zero-order valence-corrected chi connectivity index (χ0v) is 12.3. The molecule has 0 aromatic heterocycles. The summed E-state index contributed by atoms with van der Waals surface area (Å²) in [4.78, 5) is 22.9. The molecule has 0 radical (unpaired) electrons. The number of nitrogens with one attached hydrogen (secondary N) is 1. The molecule has 2 N–H and O–H groups in total. The molecule has 21 heavy (non-hydrogen) atoms. The van der Waals surface area contributed by atoms with Gasteiger partial charge < -0.3 is 15.2 Å². The average Bonchev–Trinajstić information content (AvgIpc) is 2.40. The van der Waals surface area contributed by atoms with Crippen LogP contribution in [0.5, 0.6) is 5.75 Å². The Morgan fingerprint density at radius 3 is 2.29 bits per heavy atom. The van der Waals surface area contributed by atoms with Gasteiger partial charge in [-0.25, -0.2) is 4.39 Å². The van der Waals surface area contributed by atoms with Crippen molar-refractivity contribution in [2.75, 3.05) is 6.54 Å². The van der Waals surface area contributed by atoms with Gasteiger partial charge in [-0.05, 0) is 37.1 Å². The fourth-order valence-electron chi connectivity index (χ4n) is 1.73. The van der Waals surface area contributed by atoms with Crippen molar-refractivity contribution < 1.29 is 23.8 Å². The van der Waals surface area contributed by atoms with Crippen LogP contribution >= 0.6 is 0 Å². The van der Waals surface area contributed by atoms with Gasteiger partial charge in [-0.3, -0.25) is 9.59 Å². The lowest BCUT2D eigenvalue weighted by atomic mass is 9.96. The lowest BCUT2D eigenvalue weighted by molar-refractivity contribution is -0.143. The molecule has 1 amide bonds. The molecule has 1 aromatic rings. The molecule has 0 heterocycles. The van der Waals surface area contributed by atoms with Crippen molar-refractivity contribution >= 4 is 11.9 Å². The van der Waals surface area contributed by atoms with Crippen LogP contribution in [0.15, 0.2) is 24.3 Å². The number of carboxylic acid groups (broad SMARTS) is 1. The van der Waals surface area contributed by atoms with Gasteiger partial charge in [0.2, 0.25) is 0 Å². The van der Waals surface area contributed by atoms with Crippen LogP contribution in [-0.2, 0) is 9.59 Å². The molecule has 0 aliphatic heterocycles. The number of hydrogen-bond acceptors (Lipinski definition) is 3. The summed E-state index contributed by atoms with van der Waals surface area (Å²) in [5.74, 6) is -2.11. The highest BCUT2D eigenvalue weighted by Crippen LogP contribution is 2.13. The van der Waals surface area contributed by atoms with Gasteiger partial charge in [0, 0.05) is 6.54 Å². The van der Waals surface area contributed by atoms with Crippen molar-refractivity contribution in [1.29, 1.82) is 0 Å². The normalized spacial score (nSPS) is 13.6. The molecule has 2 atom stereocenters. The molecule has 1 rings (SSSR count). The molecule has 6 heteroatoms. The lowest BCUT2D eigenvalue weighted by Gasteiger charge is -2.19. The number of rotatable bonds is 7. The molecule has 0 saturated heterocycles. The minimum atomic E-state index is -0.947. The monoisotopic (exact) mass is 297 g/mol. The van der Waals surface area contributed by atoms with E-state index in [1.807, 2.05) is 0 Å². The summed E-state index contributed by atoms with van der Waals surface area (Å²) in [6, 6.07) is 5.32. The standard InChI is InChI=1S/C15H20FNO4/c1-9(2)13(15(19)20)8-17-14(18)10(3)21-12-6-4-11(16)5-7-12/h4-7,9-10,13H,8H2,1-3H3,(H,17,18)(H,19,20). The number of aliphatic carboxylic acids is 1. The maximum absolute atomic E-state index is 12.8. The van der Waals surface area contributed by atoms with E-state index in [0.717, 1.165) is 0 Å². The number of halogens is 1. The molecular weight excluding hydrogens is 277 g/mol. The van der Waals surface area contributed by atoms with Crippen molar-refractivity contribution in [3.63, 3.8) is 0 Å². The SMILES string of the molecule is CC(Oc1ccc(F)cc1)C(=O)NCC(C(=O)O)C(C)C. The number of ether oxygens (including phenoxy) is 1. The van der Waals surface area contributed by atoms with E-state index < -0.39 is 23.9 Å². The highest BCUT2D eigenvalue weighted by atomic mass is 19.1. The molecule has 0 aliphatic carbocycles. The Balaban J connectivity index is 2.51. The maximum Gasteiger partial charge on any atom is 0.308 e. The summed E-state index contributed by atoms with van der Waals surface area (Å²) in [6.45, 7) is 5.15. The first-order valence-electron chi connectivity index (χ1n) is 6.74. The van der Waals surface area contributed by atoms with Gasteiger partial charge in [-0.2, -0.15) is 0 Å². The van der Waals surface area contributed by atoms with Gasteiger partial charge in [0.15, 0.2) is 6.10 Å². The van der Waals surface area contributed by atoms with E-state index >= 15 is 0 Å². The third-order valence-corrected chi connectivity index (χ3v) is 3.11. The summed E-state index contributed by atoms with van der Waals surface area (Å²) in [7, 11) is 0. The van der Waals surface area contributed by atoms with Crippen molar-refractivity contribution in [2.45, 2.75) is 26.9 Å². The van der Waals surface area contributed by atoms with Crippen molar-refractivity contribution in [1.82, 2.24) is 5.32 Å². The van der Waals surface area contributed by atoms with Crippen LogP contribution in [0, 0.1) is 17.7 Å². The fraction of sp³-hybridized carbons (Fsp3) is 0.467. The van der Waals surface area contributed by atoms with E-state index in [-0.39, 0.29) is 18.3 Å². The molecule has 0 bridgehead atoms. The van der Waals surface area contributed by atoms with Crippen molar-refractivity contribution in [2.24, 2.45) is 11.8 Å². The van der Waals surface area contributed by atoms with E-state index in [0.29, 0.717) is 5.75 Å². The maximum atomic E-state index is 12.8. The zero-order chi connectivity index (χ0) is 16.0. The summed E-state index contributed by atoms with van der Waals surface area (Å²) in [6.07, 6.45) is -0.794. The first-order valence-corrected chi connectivity index (χ1v) is 6.74. The molecule has 0 aliphatic rings.